The fraction of sp³-hybridized carbons (Fsp3) is 0.167. The Hall–Kier alpha value is -3.80. The molecule has 0 unspecified atom stereocenters. The molecule has 0 aliphatic carbocycles. The summed E-state index contributed by atoms with van der Waals surface area (Å²) >= 11 is 0. The summed E-state index contributed by atoms with van der Waals surface area (Å²) in [6.45, 7) is 3.60. The van der Waals surface area contributed by atoms with Crippen LogP contribution in [0.25, 0.3) is 0 Å². The first kappa shape index (κ1) is 20.9. The van der Waals surface area contributed by atoms with E-state index in [1.54, 1.807) is 43.3 Å². The molecule has 3 rings (SSSR count). The van der Waals surface area contributed by atoms with Gasteiger partial charge in [0.15, 0.2) is 6.10 Å². The SMILES string of the molecule is CC(=O)Nc1ccc(O[C@H](C)C(=O)Nc2ccc(OCc3ccccc3)cc2)cc1. The maximum atomic E-state index is 12.4. The van der Waals surface area contributed by atoms with E-state index in [1.807, 2.05) is 42.5 Å². The molecule has 0 saturated heterocycles. The predicted molar refractivity (Wildman–Crippen MR) is 117 cm³/mol. The number of nitrogens with one attached hydrogen (secondary N) is 2. The number of ether oxygens (including phenoxy) is 2. The van der Waals surface area contributed by atoms with E-state index in [9.17, 15) is 9.59 Å². The molecule has 0 heterocycles. The summed E-state index contributed by atoms with van der Waals surface area (Å²) in [5.74, 6) is 0.851. The third-order valence-electron chi connectivity index (χ3n) is 4.23. The molecule has 0 aliphatic rings. The van der Waals surface area contributed by atoms with Crippen molar-refractivity contribution >= 4 is 23.2 Å². The van der Waals surface area contributed by atoms with Crippen LogP contribution in [-0.2, 0) is 16.2 Å². The Bertz CT molecular complexity index is 970. The Morgan fingerprint density at radius 2 is 1.37 bits per heavy atom. The number of amides is 2. The number of hydrogen-bond acceptors (Lipinski definition) is 4. The first-order valence-electron chi connectivity index (χ1n) is 9.61. The van der Waals surface area contributed by atoms with Gasteiger partial charge in [0.25, 0.3) is 5.91 Å². The minimum atomic E-state index is -0.689. The van der Waals surface area contributed by atoms with Crippen LogP contribution in [0, 0.1) is 0 Å². The quantitative estimate of drug-likeness (QED) is 0.574. The summed E-state index contributed by atoms with van der Waals surface area (Å²) in [4.78, 5) is 23.5. The minimum Gasteiger partial charge on any atom is -0.489 e. The molecule has 154 valence electrons. The van der Waals surface area contributed by atoms with Crippen molar-refractivity contribution in [2.24, 2.45) is 0 Å². The fourth-order valence-corrected chi connectivity index (χ4v) is 2.70. The average molecular weight is 404 g/mol. The van der Waals surface area contributed by atoms with Crippen LogP contribution in [0.4, 0.5) is 11.4 Å². The van der Waals surface area contributed by atoms with Gasteiger partial charge in [-0.25, -0.2) is 0 Å². The summed E-state index contributed by atoms with van der Waals surface area (Å²) in [7, 11) is 0. The van der Waals surface area contributed by atoms with Gasteiger partial charge in [0.1, 0.15) is 18.1 Å². The molecule has 2 N–H and O–H groups in total. The van der Waals surface area contributed by atoms with Crippen molar-refractivity contribution in [1.82, 2.24) is 0 Å². The number of anilines is 2. The molecule has 0 aliphatic heterocycles. The molecule has 1 atom stereocenters. The number of carbonyl (C=O) groups excluding carboxylic acids is 2. The highest BCUT2D eigenvalue weighted by atomic mass is 16.5. The highest BCUT2D eigenvalue weighted by molar-refractivity contribution is 5.94. The molecule has 30 heavy (non-hydrogen) atoms. The van der Waals surface area contributed by atoms with Crippen molar-refractivity contribution in [1.29, 1.82) is 0 Å². The van der Waals surface area contributed by atoms with Crippen LogP contribution >= 0.6 is 0 Å². The standard InChI is InChI=1S/C24H24N2O4/c1-17(30-23-14-10-20(11-15-23)25-18(2)27)24(28)26-21-8-12-22(13-9-21)29-16-19-6-4-3-5-7-19/h3-15,17H,16H2,1-2H3,(H,25,27)(H,26,28)/t17-/m1/s1. The molecule has 3 aromatic rings. The smallest absolute Gasteiger partial charge is 0.265 e. The summed E-state index contributed by atoms with van der Waals surface area (Å²) < 4.78 is 11.4. The lowest BCUT2D eigenvalue weighted by Crippen LogP contribution is -2.30. The molecule has 0 fully saturated rings. The molecule has 3 aromatic carbocycles. The molecule has 6 nitrogen and oxygen atoms in total. The largest absolute Gasteiger partial charge is 0.489 e. The van der Waals surface area contributed by atoms with Crippen molar-refractivity contribution in [2.75, 3.05) is 10.6 Å². The molecule has 0 bridgehead atoms. The van der Waals surface area contributed by atoms with Crippen molar-refractivity contribution in [3.63, 3.8) is 0 Å². The highest BCUT2D eigenvalue weighted by Crippen LogP contribution is 2.19. The first-order chi connectivity index (χ1) is 14.5. The zero-order chi connectivity index (χ0) is 21.3. The molecule has 0 aromatic heterocycles. The Labute approximate surface area is 175 Å². The van der Waals surface area contributed by atoms with Gasteiger partial charge in [-0.2, -0.15) is 0 Å². The zero-order valence-corrected chi connectivity index (χ0v) is 16.9. The monoisotopic (exact) mass is 404 g/mol. The van der Waals surface area contributed by atoms with E-state index in [4.69, 9.17) is 9.47 Å². The van der Waals surface area contributed by atoms with Gasteiger partial charge in [0.05, 0.1) is 0 Å². The second kappa shape index (κ2) is 10.1. The number of benzene rings is 3. The van der Waals surface area contributed by atoms with Crippen LogP contribution in [0.2, 0.25) is 0 Å². The molecular formula is C24H24N2O4. The van der Waals surface area contributed by atoms with E-state index in [2.05, 4.69) is 10.6 Å². The lowest BCUT2D eigenvalue weighted by atomic mass is 10.2. The summed E-state index contributed by atoms with van der Waals surface area (Å²) in [6.07, 6.45) is -0.689. The summed E-state index contributed by atoms with van der Waals surface area (Å²) in [5.41, 5.74) is 2.41. The first-order valence-corrected chi connectivity index (χ1v) is 9.61. The fourth-order valence-electron chi connectivity index (χ4n) is 2.70. The van der Waals surface area contributed by atoms with Crippen LogP contribution in [-0.4, -0.2) is 17.9 Å². The zero-order valence-electron chi connectivity index (χ0n) is 16.9. The minimum absolute atomic E-state index is 0.145. The van der Waals surface area contributed by atoms with Crippen LogP contribution in [0.15, 0.2) is 78.9 Å². The van der Waals surface area contributed by atoms with Gasteiger partial charge in [-0.1, -0.05) is 30.3 Å². The average Bonchev–Trinajstić information content (AvgIpc) is 2.75. The van der Waals surface area contributed by atoms with Crippen molar-refractivity contribution in [2.45, 2.75) is 26.6 Å². The highest BCUT2D eigenvalue weighted by Gasteiger charge is 2.15. The van der Waals surface area contributed by atoms with Crippen molar-refractivity contribution in [3.05, 3.63) is 84.4 Å². The molecule has 0 saturated carbocycles. The Balaban J connectivity index is 1.49. The molecule has 2 amide bonds. The Morgan fingerprint density at radius 3 is 1.97 bits per heavy atom. The van der Waals surface area contributed by atoms with Gasteiger partial charge in [0, 0.05) is 18.3 Å². The second-order valence-electron chi connectivity index (χ2n) is 6.75. The van der Waals surface area contributed by atoms with Crippen LogP contribution in [0.5, 0.6) is 11.5 Å². The van der Waals surface area contributed by atoms with E-state index in [1.165, 1.54) is 6.92 Å². The number of carbonyl (C=O) groups is 2. The van der Waals surface area contributed by atoms with Gasteiger partial charge in [-0.15, -0.1) is 0 Å². The molecule has 0 radical (unpaired) electrons. The summed E-state index contributed by atoms with van der Waals surface area (Å²) in [5, 5.41) is 5.50. The van der Waals surface area contributed by atoms with Crippen LogP contribution < -0.4 is 20.1 Å². The van der Waals surface area contributed by atoms with Gasteiger partial charge in [-0.05, 0) is 61.0 Å². The predicted octanol–water partition coefficient (Wildman–Crippen LogP) is 4.63. The van der Waals surface area contributed by atoms with E-state index < -0.39 is 6.10 Å². The Morgan fingerprint density at radius 1 is 0.800 bits per heavy atom. The molecule has 6 heteroatoms. The molecule has 0 spiro atoms. The van der Waals surface area contributed by atoms with E-state index in [-0.39, 0.29) is 11.8 Å². The number of hydrogen-bond donors (Lipinski definition) is 2. The third kappa shape index (κ3) is 6.38. The van der Waals surface area contributed by atoms with Crippen molar-refractivity contribution < 1.29 is 19.1 Å². The van der Waals surface area contributed by atoms with Gasteiger partial charge < -0.3 is 20.1 Å². The van der Waals surface area contributed by atoms with Crippen molar-refractivity contribution in [3.8, 4) is 11.5 Å². The Kier molecular flexibility index (Phi) is 7.05. The van der Waals surface area contributed by atoms with Crippen LogP contribution in [0.3, 0.4) is 0 Å². The summed E-state index contributed by atoms with van der Waals surface area (Å²) in [6, 6.07) is 23.9. The lowest BCUT2D eigenvalue weighted by Gasteiger charge is -2.15. The van der Waals surface area contributed by atoms with E-state index in [0.717, 1.165) is 11.3 Å². The maximum Gasteiger partial charge on any atom is 0.265 e. The van der Waals surface area contributed by atoms with Gasteiger partial charge >= 0.3 is 0 Å². The number of rotatable bonds is 8. The second-order valence-corrected chi connectivity index (χ2v) is 6.75. The van der Waals surface area contributed by atoms with Gasteiger partial charge in [-0.3, -0.25) is 9.59 Å². The maximum absolute atomic E-state index is 12.4. The topological polar surface area (TPSA) is 76.7 Å². The van der Waals surface area contributed by atoms with E-state index >= 15 is 0 Å². The molecular weight excluding hydrogens is 380 g/mol. The van der Waals surface area contributed by atoms with E-state index in [0.29, 0.717) is 23.7 Å². The van der Waals surface area contributed by atoms with Gasteiger partial charge in [0.2, 0.25) is 5.91 Å². The lowest BCUT2D eigenvalue weighted by molar-refractivity contribution is -0.122. The van der Waals surface area contributed by atoms with Crippen LogP contribution in [0.1, 0.15) is 19.4 Å². The third-order valence-corrected chi connectivity index (χ3v) is 4.23. The normalized spacial score (nSPS) is 11.3.